The van der Waals surface area contributed by atoms with E-state index in [1.165, 1.54) is 29.8 Å². The topological polar surface area (TPSA) is 66.5 Å². The highest BCUT2D eigenvalue weighted by Gasteiger charge is 2.33. The predicted molar refractivity (Wildman–Crippen MR) is 103 cm³/mol. The molecule has 0 spiro atoms. The predicted octanol–water partition coefficient (Wildman–Crippen LogP) is 3.10. The monoisotopic (exact) mass is 378 g/mol. The minimum absolute atomic E-state index is 0.00206. The Morgan fingerprint density at radius 3 is 2.42 bits per heavy atom. The average Bonchev–Trinajstić information content (AvgIpc) is 2.67. The molecule has 5 nitrogen and oxygen atoms in total. The van der Waals surface area contributed by atoms with E-state index < -0.39 is 10.0 Å². The molecule has 1 aromatic rings. The van der Waals surface area contributed by atoms with E-state index in [1.807, 2.05) is 18.2 Å². The second-order valence-corrected chi connectivity index (χ2v) is 9.74. The number of nitrogens with zero attached hydrogens (tertiary/aromatic N) is 1. The molecule has 3 rings (SSSR count). The smallest absolute Gasteiger partial charge is 0.224 e. The minimum Gasteiger partial charge on any atom is -0.349 e. The summed E-state index contributed by atoms with van der Waals surface area (Å²) >= 11 is 0. The molecule has 2 fully saturated rings. The number of sulfonamides is 1. The van der Waals surface area contributed by atoms with Crippen molar-refractivity contribution in [2.24, 2.45) is 11.8 Å². The van der Waals surface area contributed by atoms with Crippen LogP contribution in [-0.2, 0) is 14.8 Å². The number of hydrogen-bond donors (Lipinski definition) is 1. The molecule has 2 atom stereocenters. The SMILES string of the molecule is CS(=O)(=O)N1CCC[C@@H](C(=O)N[C@@H](c2ccccc2)C2CCCCC2)C1. The molecule has 0 aromatic heterocycles. The van der Waals surface area contributed by atoms with E-state index in [-0.39, 0.29) is 17.9 Å². The maximum absolute atomic E-state index is 13.0. The Labute approximate surface area is 157 Å². The zero-order valence-corrected chi connectivity index (χ0v) is 16.4. The maximum Gasteiger partial charge on any atom is 0.224 e. The summed E-state index contributed by atoms with van der Waals surface area (Å²) in [6, 6.07) is 10.2. The summed E-state index contributed by atoms with van der Waals surface area (Å²) in [5.41, 5.74) is 1.16. The van der Waals surface area contributed by atoms with Gasteiger partial charge in [-0.25, -0.2) is 12.7 Å². The minimum atomic E-state index is -3.24. The lowest BCUT2D eigenvalue weighted by Gasteiger charge is -2.34. The van der Waals surface area contributed by atoms with Crippen LogP contribution in [0.2, 0.25) is 0 Å². The molecule has 1 amide bonds. The second kappa shape index (κ2) is 8.53. The summed E-state index contributed by atoms with van der Waals surface area (Å²) in [4.78, 5) is 13.0. The molecule has 6 heteroatoms. The highest BCUT2D eigenvalue weighted by atomic mass is 32.2. The van der Waals surface area contributed by atoms with Crippen LogP contribution < -0.4 is 5.32 Å². The first kappa shape index (κ1) is 19.4. The molecule has 1 aliphatic carbocycles. The van der Waals surface area contributed by atoms with E-state index in [9.17, 15) is 13.2 Å². The highest BCUT2D eigenvalue weighted by molar-refractivity contribution is 7.88. The number of rotatable bonds is 5. The van der Waals surface area contributed by atoms with Crippen molar-refractivity contribution in [3.8, 4) is 0 Å². The van der Waals surface area contributed by atoms with Crippen LogP contribution in [0.3, 0.4) is 0 Å². The molecule has 0 radical (unpaired) electrons. The molecule has 1 saturated carbocycles. The van der Waals surface area contributed by atoms with Crippen LogP contribution in [0.5, 0.6) is 0 Å². The summed E-state index contributed by atoms with van der Waals surface area (Å²) in [6.45, 7) is 0.824. The number of amides is 1. The van der Waals surface area contributed by atoms with Crippen LogP contribution in [0, 0.1) is 11.8 Å². The average molecular weight is 379 g/mol. The van der Waals surface area contributed by atoms with E-state index in [4.69, 9.17) is 0 Å². The van der Waals surface area contributed by atoms with E-state index in [2.05, 4.69) is 17.4 Å². The van der Waals surface area contributed by atoms with Crippen molar-refractivity contribution in [2.45, 2.75) is 51.0 Å². The van der Waals surface area contributed by atoms with Crippen LogP contribution in [0.15, 0.2) is 30.3 Å². The van der Waals surface area contributed by atoms with Gasteiger partial charge in [-0.2, -0.15) is 0 Å². The van der Waals surface area contributed by atoms with Crippen molar-refractivity contribution in [2.75, 3.05) is 19.3 Å². The third-order valence-corrected chi connectivity index (χ3v) is 7.07. The van der Waals surface area contributed by atoms with Crippen LogP contribution >= 0.6 is 0 Å². The third-order valence-electron chi connectivity index (χ3n) is 5.80. The van der Waals surface area contributed by atoms with Crippen molar-refractivity contribution in [1.29, 1.82) is 0 Å². The van der Waals surface area contributed by atoms with Crippen molar-refractivity contribution in [3.63, 3.8) is 0 Å². The summed E-state index contributed by atoms with van der Waals surface area (Å²) in [5.74, 6) is 0.204. The van der Waals surface area contributed by atoms with Crippen LogP contribution in [-0.4, -0.2) is 38.0 Å². The lowest BCUT2D eigenvalue weighted by Crippen LogP contribution is -2.46. The molecule has 2 aliphatic rings. The summed E-state index contributed by atoms with van der Waals surface area (Å²) in [5, 5.41) is 3.28. The van der Waals surface area contributed by atoms with E-state index >= 15 is 0 Å². The highest BCUT2D eigenvalue weighted by Crippen LogP contribution is 2.35. The molecule has 0 bridgehead atoms. The molecule has 0 unspecified atom stereocenters. The van der Waals surface area contributed by atoms with Crippen molar-refractivity contribution in [1.82, 2.24) is 9.62 Å². The normalized spacial score (nSPS) is 24.1. The molecule has 1 aromatic carbocycles. The van der Waals surface area contributed by atoms with Crippen LogP contribution in [0.4, 0.5) is 0 Å². The molecule has 1 saturated heterocycles. The van der Waals surface area contributed by atoms with E-state index in [0.717, 1.165) is 31.2 Å². The van der Waals surface area contributed by atoms with Gasteiger partial charge in [0.1, 0.15) is 0 Å². The Bertz CT molecular complexity index is 699. The van der Waals surface area contributed by atoms with Crippen LogP contribution in [0.25, 0.3) is 0 Å². The number of carbonyl (C=O) groups excluding carboxylic acids is 1. The van der Waals surface area contributed by atoms with Gasteiger partial charge in [0.15, 0.2) is 0 Å². The third kappa shape index (κ3) is 4.86. The first-order valence-electron chi connectivity index (χ1n) is 9.75. The van der Waals surface area contributed by atoms with E-state index in [1.54, 1.807) is 0 Å². The zero-order chi connectivity index (χ0) is 18.6. The van der Waals surface area contributed by atoms with Crippen molar-refractivity contribution in [3.05, 3.63) is 35.9 Å². The molecule has 1 aliphatic heterocycles. The Morgan fingerprint density at radius 1 is 1.08 bits per heavy atom. The Kier molecular flexibility index (Phi) is 6.35. The lowest BCUT2D eigenvalue weighted by atomic mass is 9.81. The van der Waals surface area contributed by atoms with Crippen LogP contribution in [0.1, 0.15) is 56.6 Å². The molecular weight excluding hydrogens is 348 g/mol. The molecule has 26 heavy (non-hydrogen) atoms. The fraction of sp³-hybridized carbons (Fsp3) is 0.650. The quantitative estimate of drug-likeness (QED) is 0.856. The van der Waals surface area contributed by atoms with Gasteiger partial charge >= 0.3 is 0 Å². The fourth-order valence-electron chi connectivity index (χ4n) is 4.33. The number of carbonyl (C=O) groups is 1. The largest absolute Gasteiger partial charge is 0.349 e. The van der Waals surface area contributed by atoms with Crippen molar-refractivity contribution >= 4 is 15.9 Å². The Morgan fingerprint density at radius 2 is 1.77 bits per heavy atom. The first-order valence-corrected chi connectivity index (χ1v) is 11.6. The summed E-state index contributed by atoms with van der Waals surface area (Å²) < 4.78 is 25.1. The lowest BCUT2D eigenvalue weighted by molar-refractivity contribution is -0.127. The molecular formula is C20H30N2O3S. The second-order valence-electron chi connectivity index (χ2n) is 7.76. The Balaban J connectivity index is 1.72. The number of benzene rings is 1. The Hall–Kier alpha value is -1.40. The maximum atomic E-state index is 13.0. The van der Waals surface area contributed by atoms with Gasteiger partial charge in [-0.1, -0.05) is 49.6 Å². The number of hydrogen-bond acceptors (Lipinski definition) is 3. The fourth-order valence-corrected chi connectivity index (χ4v) is 5.24. The van der Waals surface area contributed by atoms with Gasteiger partial charge in [0.05, 0.1) is 18.2 Å². The van der Waals surface area contributed by atoms with Gasteiger partial charge < -0.3 is 5.32 Å². The number of nitrogens with one attached hydrogen (secondary N) is 1. The summed E-state index contributed by atoms with van der Waals surface area (Å²) in [7, 11) is -3.24. The standard InChI is InChI=1S/C20H30N2O3S/c1-26(24,25)22-14-8-13-18(15-22)20(23)21-19(16-9-4-2-5-10-16)17-11-6-3-7-12-17/h2,4-5,9-10,17-19H,3,6-8,11-15H2,1H3,(H,21,23)/t18-,19+/m1/s1. The van der Waals surface area contributed by atoms with Gasteiger partial charge in [0, 0.05) is 13.1 Å². The van der Waals surface area contributed by atoms with Gasteiger partial charge in [-0.3, -0.25) is 4.79 Å². The molecule has 1 heterocycles. The van der Waals surface area contributed by atoms with Gasteiger partial charge in [0.2, 0.25) is 15.9 Å². The molecule has 144 valence electrons. The first-order chi connectivity index (χ1) is 12.4. The van der Waals surface area contributed by atoms with Gasteiger partial charge in [-0.05, 0) is 37.2 Å². The van der Waals surface area contributed by atoms with E-state index in [0.29, 0.717) is 19.0 Å². The summed E-state index contributed by atoms with van der Waals surface area (Å²) in [6.07, 6.45) is 8.71. The zero-order valence-electron chi connectivity index (χ0n) is 15.6. The number of piperidine rings is 1. The van der Waals surface area contributed by atoms with Gasteiger partial charge in [-0.15, -0.1) is 0 Å². The van der Waals surface area contributed by atoms with Gasteiger partial charge in [0.25, 0.3) is 0 Å². The van der Waals surface area contributed by atoms with Crippen molar-refractivity contribution < 1.29 is 13.2 Å². The molecule has 1 N–H and O–H groups in total.